The second-order valence-corrected chi connectivity index (χ2v) is 7.75. The lowest BCUT2D eigenvalue weighted by Crippen LogP contribution is -2.57. The minimum atomic E-state index is -0.216. The second kappa shape index (κ2) is 10.1. The molecular formula is C19H35IN4O3. The van der Waals surface area contributed by atoms with Crippen LogP contribution in [0.1, 0.15) is 58.8 Å². The molecule has 1 heterocycles. The van der Waals surface area contributed by atoms with E-state index in [-0.39, 0.29) is 47.6 Å². The average molecular weight is 494 g/mol. The van der Waals surface area contributed by atoms with Gasteiger partial charge in [-0.15, -0.1) is 24.0 Å². The lowest BCUT2D eigenvalue weighted by atomic mass is 9.61. The average Bonchev–Trinajstić information content (AvgIpc) is 3.15. The monoisotopic (exact) mass is 494 g/mol. The quantitative estimate of drug-likeness (QED) is 0.349. The zero-order valence-corrected chi connectivity index (χ0v) is 18.9. The Hall–Kier alpha value is -0.770. The highest BCUT2D eigenvalue weighted by Crippen LogP contribution is 2.56. The summed E-state index contributed by atoms with van der Waals surface area (Å²) in [5.41, 5.74) is 6.44. The molecule has 3 fully saturated rings. The first-order valence-electron chi connectivity index (χ1n) is 10.2. The number of amides is 1. The molecule has 7 nitrogen and oxygen atoms in total. The van der Waals surface area contributed by atoms with Gasteiger partial charge in [0.2, 0.25) is 0 Å². The fourth-order valence-electron chi connectivity index (χ4n) is 4.87. The van der Waals surface area contributed by atoms with E-state index in [0.717, 1.165) is 25.9 Å². The van der Waals surface area contributed by atoms with Crippen LogP contribution in [0, 0.1) is 5.41 Å². The van der Waals surface area contributed by atoms with Gasteiger partial charge in [-0.3, -0.25) is 0 Å². The highest BCUT2D eigenvalue weighted by Gasteiger charge is 2.57. The highest BCUT2D eigenvalue weighted by molar-refractivity contribution is 14.0. The van der Waals surface area contributed by atoms with E-state index in [0.29, 0.717) is 31.8 Å². The minimum Gasteiger partial charge on any atom is -0.450 e. The van der Waals surface area contributed by atoms with Gasteiger partial charge in [-0.25, -0.2) is 9.79 Å². The number of halogens is 1. The fourth-order valence-corrected chi connectivity index (χ4v) is 4.87. The Morgan fingerprint density at radius 2 is 1.89 bits per heavy atom. The van der Waals surface area contributed by atoms with Crippen molar-refractivity contribution in [1.82, 2.24) is 10.2 Å². The van der Waals surface area contributed by atoms with E-state index in [1.165, 1.54) is 25.7 Å². The number of likely N-dealkylation sites (tertiary alicyclic amines) is 1. The van der Waals surface area contributed by atoms with Crippen molar-refractivity contribution in [3.63, 3.8) is 0 Å². The number of guanidine groups is 1. The molecule has 2 unspecified atom stereocenters. The maximum absolute atomic E-state index is 11.8. The summed E-state index contributed by atoms with van der Waals surface area (Å²) in [6.07, 6.45) is 7.81. The van der Waals surface area contributed by atoms with Gasteiger partial charge >= 0.3 is 6.09 Å². The summed E-state index contributed by atoms with van der Waals surface area (Å²) in [6, 6.07) is 0.556. The largest absolute Gasteiger partial charge is 0.450 e. The van der Waals surface area contributed by atoms with Crippen LogP contribution in [0.5, 0.6) is 0 Å². The predicted octanol–water partition coefficient (Wildman–Crippen LogP) is 2.87. The summed E-state index contributed by atoms with van der Waals surface area (Å²) < 4.78 is 11.0. The minimum absolute atomic E-state index is 0. The zero-order valence-electron chi connectivity index (χ0n) is 16.6. The number of nitrogens with two attached hydrogens (primary N) is 1. The van der Waals surface area contributed by atoms with Crippen LogP contribution in [0.3, 0.4) is 0 Å². The lowest BCUT2D eigenvalue weighted by Gasteiger charge is -2.52. The molecule has 3 N–H and O–H groups in total. The van der Waals surface area contributed by atoms with Gasteiger partial charge in [0.15, 0.2) is 5.96 Å². The number of aliphatic imine (C=N–C) groups is 1. The predicted molar refractivity (Wildman–Crippen MR) is 117 cm³/mol. The van der Waals surface area contributed by atoms with E-state index in [1.807, 2.05) is 6.92 Å². The van der Waals surface area contributed by atoms with E-state index in [4.69, 9.17) is 20.2 Å². The molecule has 1 aliphatic heterocycles. The third kappa shape index (κ3) is 4.99. The Balaban J connectivity index is 0.00000261. The van der Waals surface area contributed by atoms with Crippen molar-refractivity contribution < 1.29 is 14.3 Å². The molecule has 0 bridgehead atoms. The van der Waals surface area contributed by atoms with E-state index in [9.17, 15) is 4.79 Å². The molecule has 2 saturated carbocycles. The Bertz CT molecular complexity index is 517. The van der Waals surface area contributed by atoms with Crippen LogP contribution in [0.25, 0.3) is 0 Å². The molecule has 3 aliphatic rings. The van der Waals surface area contributed by atoms with Crippen LogP contribution in [0.2, 0.25) is 0 Å². The molecule has 1 amide bonds. The van der Waals surface area contributed by atoms with Crippen molar-refractivity contribution in [1.29, 1.82) is 0 Å². The molecule has 1 saturated heterocycles. The Morgan fingerprint density at radius 1 is 1.22 bits per heavy atom. The summed E-state index contributed by atoms with van der Waals surface area (Å²) in [4.78, 5) is 18.4. The molecule has 8 heteroatoms. The van der Waals surface area contributed by atoms with E-state index < -0.39 is 0 Å². The number of carbonyl (C=O) groups excluding carboxylic acids is 1. The molecule has 0 aromatic heterocycles. The maximum Gasteiger partial charge on any atom is 0.409 e. The van der Waals surface area contributed by atoms with Crippen LogP contribution in [0.15, 0.2) is 4.99 Å². The Morgan fingerprint density at radius 3 is 2.48 bits per heavy atom. The van der Waals surface area contributed by atoms with Crippen molar-refractivity contribution >= 4 is 36.0 Å². The topological polar surface area (TPSA) is 89.2 Å². The Kier molecular flexibility index (Phi) is 8.45. The number of nitrogens with one attached hydrogen (secondary N) is 1. The molecule has 156 valence electrons. The van der Waals surface area contributed by atoms with E-state index >= 15 is 0 Å². The summed E-state index contributed by atoms with van der Waals surface area (Å²) >= 11 is 0. The molecule has 0 aromatic rings. The molecule has 27 heavy (non-hydrogen) atoms. The molecule has 0 aromatic carbocycles. The van der Waals surface area contributed by atoms with E-state index in [1.54, 1.807) is 4.90 Å². The van der Waals surface area contributed by atoms with Crippen LogP contribution in [-0.4, -0.2) is 61.4 Å². The number of hydrogen-bond donors (Lipinski definition) is 2. The number of carbonyl (C=O) groups is 1. The lowest BCUT2D eigenvalue weighted by molar-refractivity contribution is -0.119. The number of rotatable bonds is 5. The first kappa shape index (κ1) is 22.5. The summed E-state index contributed by atoms with van der Waals surface area (Å²) in [7, 11) is 0. The Labute approximate surface area is 179 Å². The van der Waals surface area contributed by atoms with Gasteiger partial charge in [-0.1, -0.05) is 12.8 Å². The zero-order chi connectivity index (χ0) is 18.6. The molecule has 2 atom stereocenters. The fraction of sp³-hybridized carbons (Fsp3) is 0.895. The number of ether oxygens (including phenoxy) is 2. The standard InChI is InChI=1S/C19H34N4O3.HI/c1-3-25-16-13-15(19(16)9-5-6-10-19)22-17(20)21-14-7-11-23(12-8-14)18(24)26-4-2;/h14-16H,3-13H2,1-2H3,(H3,20,21,22);1H. The van der Waals surface area contributed by atoms with Crippen molar-refractivity contribution in [2.45, 2.75) is 77.0 Å². The van der Waals surface area contributed by atoms with Crippen molar-refractivity contribution in [3.05, 3.63) is 0 Å². The van der Waals surface area contributed by atoms with Gasteiger partial charge in [0.1, 0.15) is 0 Å². The van der Waals surface area contributed by atoms with Crippen molar-refractivity contribution in [2.75, 3.05) is 26.3 Å². The van der Waals surface area contributed by atoms with Gasteiger partial charge in [0.25, 0.3) is 0 Å². The first-order chi connectivity index (χ1) is 12.6. The highest BCUT2D eigenvalue weighted by atomic mass is 127. The molecule has 3 rings (SSSR count). The van der Waals surface area contributed by atoms with Crippen LogP contribution in [0.4, 0.5) is 4.79 Å². The third-order valence-corrected chi connectivity index (χ3v) is 6.31. The van der Waals surface area contributed by atoms with E-state index in [2.05, 4.69) is 12.2 Å². The number of hydrogen-bond acceptors (Lipinski definition) is 4. The van der Waals surface area contributed by atoms with Gasteiger partial charge < -0.3 is 25.4 Å². The van der Waals surface area contributed by atoms with Gasteiger partial charge in [0.05, 0.1) is 18.8 Å². The van der Waals surface area contributed by atoms with Gasteiger partial charge in [-0.05, 0) is 46.0 Å². The van der Waals surface area contributed by atoms with Crippen molar-refractivity contribution in [3.8, 4) is 0 Å². The van der Waals surface area contributed by atoms with Crippen LogP contribution < -0.4 is 11.1 Å². The van der Waals surface area contributed by atoms with Crippen LogP contribution in [-0.2, 0) is 9.47 Å². The third-order valence-electron chi connectivity index (χ3n) is 6.31. The molecule has 0 radical (unpaired) electrons. The van der Waals surface area contributed by atoms with Crippen molar-refractivity contribution in [2.24, 2.45) is 16.1 Å². The van der Waals surface area contributed by atoms with Gasteiger partial charge in [0, 0.05) is 31.2 Å². The smallest absolute Gasteiger partial charge is 0.409 e. The summed E-state index contributed by atoms with van der Waals surface area (Å²) in [5, 5.41) is 3.37. The number of nitrogens with zero attached hydrogens (tertiary/aromatic N) is 2. The molecule has 2 aliphatic carbocycles. The SMILES string of the molecule is CCOC(=O)N1CCC(NC(N)=NC2CC(OCC)C23CCCC3)CC1.I. The maximum atomic E-state index is 11.8. The van der Waals surface area contributed by atoms with Crippen LogP contribution >= 0.6 is 24.0 Å². The molecular weight excluding hydrogens is 459 g/mol. The second-order valence-electron chi connectivity index (χ2n) is 7.75. The summed E-state index contributed by atoms with van der Waals surface area (Å²) in [6.45, 7) is 6.49. The first-order valence-corrected chi connectivity index (χ1v) is 10.2. The summed E-state index contributed by atoms with van der Waals surface area (Å²) in [5.74, 6) is 0.547. The normalized spacial score (nSPS) is 27.8. The van der Waals surface area contributed by atoms with Gasteiger partial charge in [-0.2, -0.15) is 0 Å². The molecule has 1 spiro atoms. The number of piperidine rings is 1.